The van der Waals surface area contributed by atoms with Gasteiger partial charge in [-0.1, -0.05) is 49.7 Å². The number of hydrogen-bond acceptors (Lipinski definition) is 7. The van der Waals surface area contributed by atoms with Gasteiger partial charge in [0, 0.05) is 36.3 Å². The number of nitriles is 1. The highest BCUT2D eigenvalue weighted by atomic mass is 35.5. The van der Waals surface area contributed by atoms with E-state index in [2.05, 4.69) is 24.5 Å². The number of alkyl halides is 1. The number of aromatic nitrogens is 2. The van der Waals surface area contributed by atoms with E-state index < -0.39 is 23.4 Å². The Morgan fingerprint density at radius 1 is 1.23 bits per heavy atom. The van der Waals surface area contributed by atoms with E-state index >= 15 is 4.39 Å². The van der Waals surface area contributed by atoms with E-state index in [1.165, 1.54) is 4.90 Å². The molecule has 4 fully saturated rings. The summed E-state index contributed by atoms with van der Waals surface area (Å²) in [5.41, 5.74) is 1.68. The minimum Gasteiger partial charge on any atom is -0.462 e. The number of nitrogens with zero attached hydrogens (tertiary/aromatic N) is 6. The molecule has 43 heavy (non-hydrogen) atoms. The number of halogens is 3. The molecule has 230 valence electrons. The number of aryl methyl sites for hydroxylation is 2. The Bertz CT molecular complexity index is 1390. The lowest BCUT2D eigenvalue weighted by Crippen LogP contribution is -2.55. The average Bonchev–Trinajstić information content (AvgIpc) is 3.36. The normalized spacial score (nSPS) is 24.9. The van der Waals surface area contributed by atoms with E-state index in [-0.39, 0.29) is 37.7 Å². The highest BCUT2D eigenvalue weighted by Gasteiger charge is 2.62. The van der Waals surface area contributed by atoms with Crippen molar-refractivity contribution in [1.29, 1.82) is 5.26 Å². The molecule has 1 aromatic heterocycles. The maximum atomic E-state index is 15.3. The van der Waals surface area contributed by atoms with Gasteiger partial charge in [0.05, 0.1) is 30.3 Å². The Labute approximate surface area is 257 Å². The lowest BCUT2D eigenvalue weighted by atomic mass is 9.80. The van der Waals surface area contributed by atoms with E-state index in [1.807, 2.05) is 36.2 Å². The summed E-state index contributed by atoms with van der Waals surface area (Å²) in [6.07, 6.45) is 4.92. The smallest absolute Gasteiger partial charge is 0.318 e. The van der Waals surface area contributed by atoms with Crippen LogP contribution in [0.3, 0.4) is 0 Å². The number of rotatable bonds is 12. The number of ether oxygens (including phenoxy) is 1. The van der Waals surface area contributed by atoms with Gasteiger partial charge in [-0.15, -0.1) is 0 Å². The number of benzene rings is 1. The third kappa shape index (κ3) is 6.48. The average molecular weight is 613 g/mol. The van der Waals surface area contributed by atoms with Crippen molar-refractivity contribution >= 4 is 23.3 Å². The predicted octanol–water partition coefficient (Wildman–Crippen LogP) is 5.24. The van der Waals surface area contributed by atoms with E-state index in [0.717, 1.165) is 47.5 Å². The third-order valence-electron chi connectivity index (χ3n) is 9.16. The van der Waals surface area contributed by atoms with E-state index in [4.69, 9.17) is 26.3 Å². The topological polar surface area (TPSA) is 85.6 Å². The van der Waals surface area contributed by atoms with Crippen molar-refractivity contribution in [3.63, 3.8) is 0 Å². The van der Waals surface area contributed by atoms with Gasteiger partial charge < -0.3 is 14.5 Å². The van der Waals surface area contributed by atoms with Crippen LogP contribution in [0.4, 0.5) is 14.6 Å². The zero-order chi connectivity index (χ0) is 30.7. The van der Waals surface area contributed by atoms with Crippen LogP contribution in [0.5, 0.6) is 6.01 Å². The zero-order valence-corrected chi connectivity index (χ0v) is 25.6. The van der Waals surface area contributed by atoms with Gasteiger partial charge in [-0.2, -0.15) is 15.2 Å². The van der Waals surface area contributed by atoms with Crippen LogP contribution < -0.4 is 9.64 Å². The van der Waals surface area contributed by atoms with Gasteiger partial charge in [-0.05, 0) is 57.2 Å². The summed E-state index contributed by atoms with van der Waals surface area (Å²) in [4.78, 5) is 27.7. The van der Waals surface area contributed by atoms with Crippen molar-refractivity contribution < 1.29 is 18.3 Å². The number of hydrogen-bond donors (Lipinski definition) is 0. The lowest BCUT2D eigenvalue weighted by molar-refractivity contribution is -0.131. The Morgan fingerprint density at radius 2 is 2.00 bits per heavy atom. The molecule has 8 nitrogen and oxygen atoms in total. The van der Waals surface area contributed by atoms with Crippen LogP contribution >= 0.6 is 11.6 Å². The van der Waals surface area contributed by atoms with Crippen LogP contribution in [-0.4, -0.2) is 82.8 Å². The molecule has 2 aromatic rings. The van der Waals surface area contributed by atoms with Crippen LogP contribution in [0.15, 0.2) is 36.7 Å². The summed E-state index contributed by atoms with van der Waals surface area (Å²) >= 11 is 6.41. The van der Waals surface area contributed by atoms with Crippen LogP contribution in [0.1, 0.15) is 55.8 Å². The molecule has 4 aliphatic rings. The van der Waals surface area contributed by atoms with Gasteiger partial charge in [-0.3, -0.25) is 9.69 Å². The van der Waals surface area contributed by atoms with Gasteiger partial charge in [-0.25, -0.2) is 8.78 Å². The van der Waals surface area contributed by atoms with E-state index in [9.17, 15) is 14.4 Å². The fraction of sp³-hybridized carbons (Fsp3) is 0.562. The summed E-state index contributed by atoms with van der Waals surface area (Å²) in [6, 6.07) is 9.48. The number of carbonyl (C=O) groups is 1. The lowest BCUT2D eigenvalue weighted by Gasteiger charge is -2.41. The summed E-state index contributed by atoms with van der Waals surface area (Å²) in [6.45, 7) is 6.32. The number of anilines is 1. The molecule has 3 aliphatic heterocycles. The molecule has 1 amide bonds. The van der Waals surface area contributed by atoms with Crippen molar-refractivity contribution in [1.82, 2.24) is 19.8 Å². The highest BCUT2D eigenvalue weighted by molar-refractivity contribution is 6.31. The Hall–Kier alpha value is -3.29. The summed E-state index contributed by atoms with van der Waals surface area (Å²) in [7, 11) is 1.94. The van der Waals surface area contributed by atoms with Crippen LogP contribution in [0, 0.1) is 11.3 Å². The minimum absolute atomic E-state index is 0.0472. The number of amides is 1. The second kappa shape index (κ2) is 13.1. The maximum Gasteiger partial charge on any atom is 0.318 e. The molecule has 0 spiro atoms. The fourth-order valence-corrected chi connectivity index (χ4v) is 6.99. The monoisotopic (exact) mass is 612 g/mol. The Morgan fingerprint density at radius 3 is 2.65 bits per heavy atom. The molecule has 4 heterocycles. The second-order valence-corrected chi connectivity index (χ2v) is 12.3. The quantitative estimate of drug-likeness (QED) is 0.303. The standard InChI is InChI=1S/C32H39ClF2N6O2/c1-4-8-25-27(12-7-10-22-9-5-6-11-26(22)33)37-31(43-20-28-32(35)17-24(18-32)39(28)3)38-29(25)40-15-16-41(30(42)21(2)34)23(19-40)13-14-36/h5-6,9,11,23-24,28H,2,4,7-8,10,12-13,15-20H2,1,3H3. The Kier molecular flexibility index (Phi) is 9.52. The first-order valence-corrected chi connectivity index (χ1v) is 15.5. The van der Waals surface area contributed by atoms with Crippen molar-refractivity contribution in [3.8, 4) is 12.1 Å². The fourth-order valence-electron chi connectivity index (χ4n) is 6.76. The maximum absolute atomic E-state index is 15.3. The summed E-state index contributed by atoms with van der Waals surface area (Å²) < 4.78 is 35.2. The van der Waals surface area contributed by atoms with E-state index in [1.54, 1.807) is 0 Å². The Balaban J connectivity index is 1.43. The first-order valence-electron chi connectivity index (χ1n) is 15.1. The first-order chi connectivity index (χ1) is 20.6. The minimum atomic E-state index is -1.24. The number of carbonyl (C=O) groups excluding carboxylic acids is 1. The molecule has 2 unspecified atom stereocenters. The number of piperazine rings is 1. The van der Waals surface area contributed by atoms with Crippen molar-refractivity contribution in [2.45, 2.75) is 82.1 Å². The SMILES string of the molecule is C=C(F)C(=O)N1CCN(c2nc(OCC3N(C)C4CC3(F)C4)nc(CCCc3ccccc3Cl)c2CCC)CC1CC#N. The second-order valence-electron chi connectivity index (χ2n) is 11.9. The predicted molar refractivity (Wildman–Crippen MR) is 162 cm³/mol. The van der Waals surface area contributed by atoms with E-state index in [0.29, 0.717) is 38.2 Å². The highest BCUT2D eigenvalue weighted by Crippen LogP contribution is 2.51. The summed E-state index contributed by atoms with van der Waals surface area (Å²) in [5, 5.41) is 10.2. The zero-order valence-electron chi connectivity index (χ0n) is 24.9. The first kappa shape index (κ1) is 31.1. The number of likely N-dealkylation sites (N-methyl/N-ethyl adjacent to an activating group) is 1. The molecule has 0 radical (unpaired) electrons. The third-order valence-corrected chi connectivity index (χ3v) is 9.52. The van der Waals surface area contributed by atoms with Crippen LogP contribution in [0.2, 0.25) is 5.02 Å². The molecule has 2 atom stereocenters. The molecule has 1 saturated carbocycles. The van der Waals surface area contributed by atoms with Gasteiger partial charge in [0.15, 0.2) is 5.83 Å². The molecule has 3 saturated heterocycles. The molecule has 2 bridgehead atoms. The van der Waals surface area contributed by atoms with Gasteiger partial charge in [0.2, 0.25) is 0 Å². The number of fused-ring (bicyclic) bond motifs is 1. The molecular formula is C32H39ClF2N6O2. The van der Waals surface area contributed by atoms with Gasteiger partial charge in [0.1, 0.15) is 18.1 Å². The van der Waals surface area contributed by atoms with Crippen molar-refractivity contribution in [2.75, 3.05) is 38.2 Å². The molecular weight excluding hydrogens is 574 g/mol. The van der Waals surface area contributed by atoms with Crippen LogP contribution in [-0.2, 0) is 24.1 Å². The van der Waals surface area contributed by atoms with Crippen molar-refractivity contribution in [3.05, 3.63) is 58.5 Å². The molecule has 6 rings (SSSR count). The molecule has 0 N–H and O–H groups in total. The van der Waals surface area contributed by atoms with Crippen molar-refractivity contribution in [2.24, 2.45) is 0 Å². The van der Waals surface area contributed by atoms with Gasteiger partial charge >= 0.3 is 6.01 Å². The summed E-state index contributed by atoms with van der Waals surface area (Å²) in [5.74, 6) is -1.14. The molecule has 1 aromatic carbocycles. The molecule has 1 aliphatic carbocycles. The van der Waals surface area contributed by atoms with Gasteiger partial charge in [0.25, 0.3) is 5.91 Å². The molecule has 11 heteroatoms. The van der Waals surface area contributed by atoms with Crippen LogP contribution in [0.25, 0.3) is 0 Å². The largest absolute Gasteiger partial charge is 0.462 e.